The number of hydrogen-bond donors (Lipinski definition) is 0. The van der Waals surface area contributed by atoms with Gasteiger partial charge in [-0.05, 0) is 92.4 Å². The third-order valence-corrected chi connectivity index (χ3v) is 8.00. The summed E-state index contributed by atoms with van der Waals surface area (Å²) in [5.74, 6) is -2.57. The van der Waals surface area contributed by atoms with E-state index in [-0.39, 0.29) is 35.4 Å². The first-order valence-electron chi connectivity index (χ1n) is 12.7. The molecule has 6 heteroatoms. The lowest BCUT2D eigenvalue weighted by molar-refractivity contribution is 0.0189. The van der Waals surface area contributed by atoms with Gasteiger partial charge in [-0.3, -0.25) is 0 Å². The Hall–Kier alpha value is -2.60. The van der Waals surface area contributed by atoms with E-state index in [4.69, 9.17) is 9.47 Å². The van der Waals surface area contributed by atoms with Gasteiger partial charge in [-0.1, -0.05) is 24.3 Å². The Bertz CT molecular complexity index is 1090. The smallest absolute Gasteiger partial charge is 0.341 e. The number of ether oxygens (including phenoxy) is 2. The molecule has 1 heterocycles. The number of halogens is 3. The molecule has 1 atom stereocenters. The lowest BCUT2D eigenvalue weighted by Crippen LogP contribution is -2.25. The van der Waals surface area contributed by atoms with Crippen LogP contribution in [0.1, 0.15) is 96.4 Å². The van der Waals surface area contributed by atoms with Crippen LogP contribution in [0, 0.1) is 23.4 Å². The molecule has 186 valence electrons. The van der Waals surface area contributed by atoms with Gasteiger partial charge in [0, 0.05) is 5.56 Å². The summed E-state index contributed by atoms with van der Waals surface area (Å²) in [7, 11) is 0. The molecule has 35 heavy (non-hydrogen) atoms. The van der Waals surface area contributed by atoms with Crippen molar-refractivity contribution in [2.75, 3.05) is 6.61 Å². The van der Waals surface area contributed by atoms with Crippen LogP contribution in [-0.4, -0.2) is 18.7 Å². The Kier molecular flexibility index (Phi) is 7.01. The normalized spacial score (nSPS) is 28.4. The molecule has 0 radical (unpaired) electrons. The molecule has 0 bridgehead atoms. The molecule has 2 aromatic rings. The predicted molar refractivity (Wildman–Crippen MR) is 127 cm³/mol. The van der Waals surface area contributed by atoms with Crippen molar-refractivity contribution in [2.45, 2.75) is 75.4 Å². The summed E-state index contributed by atoms with van der Waals surface area (Å²) in [4.78, 5) is 12.7. The molecule has 2 aromatic carbocycles. The lowest BCUT2D eigenvalue weighted by atomic mass is 9.78. The van der Waals surface area contributed by atoms with Crippen LogP contribution in [0.3, 0.4) is 0 Å². The maximum Gasteiger partial charge on any atom is 0.341 e. The highest BCUT2D eigenvalue weighted by molar-refractivity contribution is 5.90. The molecule has 0 spiro atoms. The van der Waals surface area contributed by atoms with Crippen molar-refractivity contribution in [3.05, 3.63) is 82.7 Å². The van der Waals surface area contributed by atoms with Crippen LogP contribution in [0.25, 0.3) is 0 Å². The number of carbonyl (C=O) groups excluding carboxylic acids is 1. The summed E-state index contributed by atoms with van der Waals surface area (Å²) < 4.78 is 54.8. The molecular weight excluding hydrogens is 453 g/mol. The molecule has 1 saturated heterocycles. The summed E-state index contributed by atoms with van der Waals surface area (Å²) >= 11 is 0. The van der Waals surface area contributed by atoms with E-state index >= 15 is 0 Å². The number of benzene rings is 2. The quantitative estimate of drug-likeness (QED) is 0.242. The molecule has 3 aliphatic rings. The van der Waals surface area contributed by atoms with Crippen molar-refractivity contribution < 1.29 is 27.4 Å². The van der Waals surface area contributed by atoms with E-state index in [0.29, 0.717) is 36.5 Å². The second-order valence-electron chi connectivity index (χ2n) is 10.2. The minimum absolute atomic E-state index is 0.0447. The summed E-state index contributed by atoms with van der Waals surface area (Å²) in [5.41, 5.74) is 1.52. The molecule has 3 nitrogen and oxygen atoms in total. The van der Waals surface area contributed by atoms with Gasteiger partial charge in [0.15, 0.2) is 11.6 Å². The average Bonchev–Trinajstić information content (AvgIpc) is 3.71. The zero-order chi connectivity index (χ0) is 24.5. The highest BCUT2D eigenvalue weighted by Gasteiger charge is 2.31. The highest BCUT2D eigenvalue weighted by Crippen LogP contribution is 2.39. The van der Waals surface area contributed by atoms with Gasteiger partial charge in [0.2, 0.25) is 0 Å². The van der Waals surface area contributed by atoms with E-state index in [1.54, 1.807) is 12.1 Å². The van der Waals surface area contributed by atoms with Crippen LogP contribution in [-0.2, 0) is 9.47 Å². The average molecular weight is 485 g/mol. The second kappa shape index (κ2) is 10.2. The van der Waals surface area contributed by atoms with E-state index in [2.05, 4.69) is 6.58 Å². The number of rotatable bonds is 6. The van der Waals surface area contributed by atoms with Crippen molar-refractivity contribution in [1.29, 1.82) is 0 Å². The SMILES string of the molecule is C=CC1CCC(c2ccc(C(=O)OC3CCC(c4ccc(C5CO5)c(F)c4)CC3)c(F)c2F)CC1. The maximum atomic E-state index is 14.9. The second-order valence-corrected chi connectivity index (χ2v) is 10.2. The fourth-order valence-corrected chi connectivity index (χ4v) is 5.72. The number of esters is 1. The van der Waals surface area contributed by atoms with Crippen LogP contribution >= 0.6 is 0 Å². The van der Waals surface area contributed by atoms with E-state index < -0.39 is 17.6 Å². The molecule has 2 aliphatic carbocycles. The summed E-state index contributed by atoms with van der Waals surface area (Å²) in [5, 5.41) is 0. The Morgan fingerprint density at radius 1 is 0.886 bits per heavy atom. The molecule has 3 fully saturated rings. The first-order valence-corrected chi connectivity index (χ1v) is 12.7. The maximum absolute atomic E-state index is 14.9. The molecule has 0 amide bonds. The first kappa shape index (κ1) is 24.1. The zero-order valence-electron chi connectivity index (χ0n) is 19.8. The lowest BCUT2D eigenvalue weighted by Gasteiger charge is -2.29. The van der Waals surface area contributed by atoms with Gasteiger partial charge in [-0.15, -0.1) is 6.58 Å². The van der Waals surface area contributed by atoms with E-state index in [1.165, 1.54) is 12.1 Å². The van der Waals surface area contributed by atoms with Gasteiger partial charge in [0.25, 0.3) is 0 Å². The monoisotopic (exact) mass is 484 g/mol. The van der Waals surface area contributed by atoms with Gasteiger partial charge < -0.3 is 9.47 Å². The van der Waals surface area contributed by atoms with Crippen molar-refractivity contribution in [1.82, 2.24) is 0 Å². The summed E-state index contributed by atoms with van der Waals surface area (Å²) in [6.45, 7) is 4.39. The van der Waals surface area contributed by atoms with Gasteiger partial charge in [-0.25, -0.2) is 18.0 Å². The van der Waals surface area contributed by atoms with Crippen molar-refractivity contribution in [3.63, 3.8) is 0 Å². The third kappa shape index (κ3) is 5.18. The van der Waals surface area contributed by atoms with Gasteiger partial charge in [0.1, 0.15) is 18.0 Å². The molecule has 1 aliphatic heterocycles. The van der Waals surface area contributed by atoms with Crippen molar-refractivity contribution >= 4 is 5.97 Å². The summed E-state index contributed by atoms with van der Waals surface area (Å²) in [6.07, 6.45) is 7.49. The van der Waals surface area contributed by atoms with E-state index in [9.17, 15) is 18.0 Å². The van der Waals surface area contributed by atoms with E-state index in [0.717, 1.165) is 44.1 Å². The van der Waals surface area contributed by atoms with E-state index in [1.807, 2.05) is 12.1 Å². The predicted octanol–water partition coefficient (Wildman–Crippen LogP) is 7.52. The van der Waals surface area contributed by atoms with Crippen LogP contribution in [0.5, 0.6) is 0 Å². The minimum atomic E-state index is -1.12. The Morgan fingerprint density at radius 3 is 2.17 bits per heavy atom. The number of hydrogen-bond acceptors (Lipinski definition) is 3. The van der Waals surface area contributed by atoms with Gasteiger partial charge >= 0.3 is 5.97 Å². The Labute approximate surface area is 204 Å². The standard InChI is InChI=1S/C29H31F3O3/c1-2-17-3-5-19(6-4-17)22-13-14-24(28(32)27(22)31)29(33)35-21-10-7-18(8-11-21)20-9-12-23(25(30)15-20)26-16-34-26/h2,9,12-15,17-19,21,26H,1,3-8,10-11,16H2. The number of carbonyl (C=O) groups is 1. The largest absolute Gasteiger partial charge is 0.459 e. The molecule has 2 saturated carbocycles. The first-order chi connectivity index (χ1) is 16.9. The van der Waals surface area contributed by atoms with Crippen LogP contribution in [0.2, 0.25) is 0 Å². The Morgan fingerprint density at radius 2 is 1.54 bits per heavy atom. The van der Waals surface area contributed by atoms with Gasteiger partial charge in [0.05, 0.1) is 12.2 Å². The zero-order valence-corrected chi connectivity index (χ0v) is 19.8. The minimum Gasteiger partial charge on any atom is -0.459 e. The van der Waals surface area contributed by atoms with Crippen molar-refractivity contribution in [2.24, 2.45) is 5.92 Å². The topological polar surface area (TPSA) is 38.8 Å². The summed E-state index contributed by atoms with van der Waals surface area (Å²) in [6, 6.07) is 8.21. The van der Waals surface area contributed by atoms with Crippen LogP contribution in [0.4, 0.5) is 13.2 Å². The fourth-order valence-electron chi connectivity index (χ4n) is 5.72. The fraction of sp³-hybridized carbons (Fsp3) is 0.483. The molecule has 0 N–H and O–H groups in total. The molecule has 5 rings (SSSR count). The van der Waals surface area contributed by atoms with Crippen molar-refractivity contribution in [3.8, 4) is 0 Å². The van der Waals surface area contributed by atoms with Crippen LogP contribution < -0.4 is 0 Å². The molecule has 1 unspecified atom stereocenters. The Balaban J connectivity index is 1.18. The number of allylic oxidation sites excluding steroid dienone is 1. The molecular formula is C29H31F3O3. The van der Waals surface area contributed by atoms with Crippen LogP contribution in [0.15, 0.2) is 43.0 Å². The highest BCUT2D eigenvalue weighted by atomic mass is 19.2. The number of epoxide rings is 1. The molecule has 0 aromatic heterocycles. The third-order valence-electron chi connectivity index (χ3n) is 8.00. The van der Waals surface area contributed by atoms with Gasteiger partial charge in [-0.2, -0.15) is 0 Å².